The van der Waals surface area contributed by atoms with E-state index >= 15 is 0 Å². The molecule has 2 nitrogen and oxygen atoms in total. The Labute approximate surface area is 199 Å². The molecule has 2 atom stereocenters. The van der Waals surface area contributed by atoms with Gasteiger partial charge in [0.1, 0.15) is 11.6 Å². The monoisotopic (exact) mass is 467 g/mol. The number of amides is 1. The van der Waals surface area contributed by atoms with Crippen molar-refractivity contribution in [1.29, 1.82) is 0 Å². The van der Waals surface area contributed by atoms with E-state index in [9.17, 15) is 13.6 Å². The van der Waals surface area contributed by atoms with Gasteiger partial charge in [-0.15, -0.1) is 0 Å². The normalized spacial score (nSPS) is 15.9. The summed E-state index contributed by atoms with van der Waals surface area (Å²) in [6.45, 7) is 1.98. The van der Waals surface area contributed by atoms with Crippen molar-refractivity contribution in [1.82, 2.24) is 0 Å². The molecule has 1 amide bonds. The van der Waals surface area contributed by atoms with E-state index in [0.29, 0.717) is 11.4 Å². The van der Waals surface area contributed by atoms with Crippen molar-refractivity contribution >= 4 is 23.2 Å². The van der Waals surface area contributed by atoms with Crippen LogP contribution < -0.4 is 4.90 Å². The first-order valence-electron chi connectivity index (χ1n) is 11.5. The van der Waals surface area contributed by atoms with Gasteiger partial charge in [-0.25, -0.2) is 8.78 Å². The van der Waals surface area contributed by atoms with Crippen LogP contribution in [0.5, 0.6) is 0 Å². The fourth-order valence-corrected chi connectivity index (χ4v) is 5.06. The SMILES string of the molecule is CC(C(Cc1ccc(Cl)cc1)c1ccccc1)N(C(=O)C1CCCC1)c1cc(F)cc(F)c1. The van der Waals surface area contributed by atoms with Crippen LogP contribution in [0.15, 0.2) is 72.8 Å². The van der Waals surface area contributed by atoms with Gasteiger partial charge < -0.3 is 4.90 Å². The zero-order valence-corrected chi connectivity index (χ0v) is 19.4. The third-order valence-corrected chi connectivity index (χ3v) is 6.91. The van der Waals surface area contributed by atoms with Crippen molar-refractivity contribution < 1.29 is 13.6 Å². The van der Waals surface area contributed by atoms with Gasteiger partial charge in [0, 0.05) is 34.7 Å². The number of hydrogen-bond acceptors (Lipinski definition) is 1. The maximum Gasteiger partial charge on any atom is 0.230 e. The molecule has 0 aromatic heterocycles. The molecule has 172 valence electrons. The van der Waals surface area contributed by atoms with Crippen LogP contribution in [0.3, 0.4) is 0 Å². The number of benzene rings is 3. The molecule has 4 rings (SSSR count). The molecule has 3 aromatic carbocycles. The highest BCUT2D eigenvalue weighted by Gasteiger charge is 2.35. The Balaban J connectivity index is 1.76. The molecule has 1 aliphatic rings. The van der Waals surface area contributed by atoms with Crippen LogP contribution in [0, 0.1) is 17.6 Å². The summed E-state index contributed by atoms with van der Waals surface area (Å²) >= 11 is 6.08. The summed E-state index contributed by atoms with van der Waals surface area (Å²) in [5.74, 6) is -1.62. The second-order valence-corrected chi connectivity index (χ2v) is 9.34. The van der Waals surface area contributed by atoms with Gasteiger partial charge in [0.05, 0.1) is 0 Å². The lowest BCUT2D eigenvalue weighted by atomic mass is 9.85. The minimum absolute atomic E-state index is 0.0537. The quantitative estimate of drug-likeness (QED) is 0.351. The molecule has 1 saturated carbocycles. The van der Waals surface area contributed by atoms with Crippen LogP contribution in [0.4, 0.5) is 14.5 Å². The molecule has 0 saturated heterocycles. The second-order valence-electron chi connectivity index (χ2n) is 8.91. The largest absolute Gasteiger partial charge is 0.309 e. The molecule has 1 aliphatic carbocycles. The Morgan fingerprint density at radius 3 is 2.18 bits per heavy atom. The summed E-state index contributed by atoms with van der Waals surface area (Å²) in [6, 6.07) is 20.7. The minimum atomic E-state index is -0.685. The van der Waals surface area contributed by atoms with Crippen molar-refractivity contribution in [3.8, 4) is 0 Å². The van der Waals surface area contributed by atoms with E-state index in [2.05, 4.69) is 0 Å². The van der Waals surface area contributed by atoms with E-state index in [0.717, 1.165) is 42.9 Å². The predicted octanol–water partition coefficient (Wildman–Crippen LogP) is 7.56. The van der Waals surface area contributed by atoms with Gasteiger partial charge in [0.25, 0.3) is 0 Å². The van der Waals surface area contributed by atoms with Crippen molar-refractivity contribution in [3.05, 3.63) is 101 Å². The van der Waals surface area contributed by atoms with Gasteiger partial charge in [0.2, 0.25) is 5.91 Å². The van der Waals surface area contributed by atoms with E-state index in [1.54, 1.807) is 4.90 Å². The Hall–Kier alpha value is -2.72. The highest BCUT2D eigenvalue weighted by atomic mass is 35.5. The highest BCUT2D eigenvalue weighted by Crippen LogP contribution is 2.35. The Bertz CT molecular complexity index is 1060. The lowest BCUT2D eigenvalue weighted by Crippen LogP contribution is -2.45. The zero-order chi connectivity index (χ0) is 23.4. The highest BCUT2D eigenvalue weighted by molar-refractivity contribution is 6.30. The molecule has 0 radical (unpaired) electrons. The fraction of sp³-hybridized carbons (Fsp3) is 0.321. The number of anilines is 1. The summed E-state index contributed by atoms with van der Waals surface area (Å²) in [4.78, 5) is 15.3. The number of carbonyl (C=O) groups is 1. The molecular weight excluding hydrogens is 440 g/mol. The second kappa shape index (κ2) is 10.5. The zero-order valence-electron chi connectivity index (χ0n) is 18.7. The summed E-state index contributed by atoms with van der Waals surface area (Å²) in [5, 5.41) is 0.663. The summed E-state index contributed by atoms with van der Waals surface area (Å²) < 4.78 is 28.4. The van der Waals surface area contributed by atoms with Gasteiger partial charge in [-0.2, -0.15) is 0 Å². The molecule has 33 heavy (non-hydrogen) atoms. The van der Waals surface area contributed by atoms with E-state index in [4.69, 9.17) is 11.6 Å². The van der Waals surface area contributed by atoms with Gasteiger partial charge in [0.15, 0.2) is 0 Å². The maximum absolute atomic E-state index is 14.2. The molecule has 0 heterocycles. The third kappa shape index (κ3) is 5.62. The Morgan fingerprint density at radius 2 is 1.58 bits per heavy atom. The number of hydrogen-bond donors (Lipinski definition) is 0. The standard InChI is InChI=1S/C28H28ClF2NO/c1-19(27(21-7-3-2-4-8-21)15-20-11-13-23(29)14-12-20)32(28(33)22-9-5-6-10-22)26-17-24(30)16-25(31)18-26/h2-4,7-8,11-14,16-19,22,27H,5-6,9-10,15H2,1H3. The Kier molecular flexibility index (Phi) is 7.44. The smallest absolute Gasteiger partial charge is 0.230 e. The van der Waals surface area contributed by atoms with Gasteiger partial charge in [-0.3, -0.25) is 4.79 Å². The lowest BCUT2D eigenvalue weighted by Gasteiger charge is -2.37. The van der Waals surface area contributed by atoms with E-state index in [-0.39, 0.29) is 29.5 Å². The first-order chi connectivity index (χ1) is 15.9. The summed E-state index contributed by atoms with van der Waals surface area (Å²) in [5.41, 5.74) is 2.42. The molecule has 5 heteroatoms. The molecular formula is C28H28ClF2NO. The van der Waals surface area contributed by atoms with Crippen LogP contribution in [0.25, 0.3) is 0 Å². The van der Waals surface area contributed by atoms with Crippen molar-refractivity contribution in [3.63, 3.8) is 0 Å². The van der Waals surface area contributed by atoms with E-state index < -0.39 is 11.6 Å². The average Bonchev–Trinajstić information content (AvgIpc) is 3.34. The topological polar surface area (TPSA) is 20.3 Å². The van der Waals surface area contributed by atoms with Gasteiger partial charge in [-0.1, -0.05) is 66.9 Å². The molecule has 0 spiro atoms. The fourth-order valence-electron chi connectivity index (χ4n) is 4.93. The first-order valence-corrected chi connectivity index (χ1v) is 11.9. The average molecular weight is 468 g/mol. The van der Waals surface area contributed by atoms with E-state index in [1.807, 2.05) is 61.5 Å². The van der Waals surface area contributed by atoms with Crippen LogP contribution in [0.2, 0.25) is 5.02 Å². The lowest BCUT2D eigenvalue weighted by molar-refractivity contribution is -0.122. The van der Waals surface area contributed by atoms with Crippen LogP contribution in [-0.2, 0) is 11.2 Å². The van der Waals surface area contributed by atoms with Gasteiger partial charge in [-0.05, 0) is 61.6 Å². The molecule has 0 aliphatic heterocycles. The third-order valence-electron chi connectivity index (χ3n) is 6.65. The number of carbonyl (C=O) groups excluding carboxylic acids is 1. The van der Waals surface area contributed by atoms with Crippen LogP contribution in [-0.4, -0.2) is 11.9 Å². The van der Waals surface area contributed by atoms with Crippen molar-refractivity contribution in [2.75, 3.05) is 4.90 Å². The summed E-state index contributed by atoms with van der Waals surface area (Å²) in [7, 11) is 0. The molecule has 3 aromatic rings. The maximum atomic E-state index is 14.2. The number of halogens is 3. The first kappa shape index (κ1) is 23.4. The molecule has 0 bridgehead atoms. The Morgan fingerprint density at radius 1 is 0.970 bits per heavy atom. The van der Waals surface area contributed by atoms with E-state index in [1.165, 1.54) is 12.1 Å². The predicted molar refractivity (Wildman–Crippen MR) is 130 cm³/mol. The summed E-state index contributed by atoms with van der Waals surface area (Å²) in [6.07, 6.45) is 4.29. The van der Waals surface area contributed by atoms with Crippen LogP contribution in [0.1, 0.15) is 49.7 Å². The van der Waals surface area contributed by atoms with Crippen molar-refractivity contribution in [2.45, 2.75) is 51.0 Å². The number of rotatable bonds is 7. The van der Waals surface area contributed by atoms with Crippen molar-refractivity contribution in [2.24, 2.45) is 5.92 Å². The molecule has 2 unspecified atom stereocenters. The van der Waals surface area contributed by atoms with Gasteiger partial charge >= 0.3 is 0 Å². The number of nitrogens with zero attached hydrogens (tertiary/aromatic N) is 1. The minimum Gasteiger partial charge on any atom is -0.309 e. The van der Waals surface area contributed by atoms with Crippen LogP contribution >= 0.6 is 11.6 Å². The molecule has 0 N–H and O–H groups in total. The molecule has 1 fully saturated rings.